The second-order valence-electron chi connectivity index (χ2n) is 5.77. The predicted molar refractivity (Wildman–Crippen MR) is 78.9 cm³/mol. The van der Waals surface area contributed by atoms with Crippen molar-refractivity contribution in [2.45, 2.75) is 25.9 Å². The maximum atomic E-state index is 12.3. The molecule has 4 nitrogen and oxygen atoms in total. The molecule has 2 amide bonds. The highest BCUT2D eigenvalue weighted by molar-refractivity contribution is 5.94. The van der Waals surface area contributed by atoms with Crippen molar-refractivity contribution >= 4 is 11.8 Å². The first kappa shape index (κ1) is 17.3. The van der Waals surface area contributed by atoms with Crippen molar-refractivity contribution in [2.24, 2.45) is 5.92 Å². The number of likely N-dealkylation sites (tertiary alicyclic amines) is 1. The Kier molecular flexibility index (Phi) is 5.28. The SMILES string of the molecule is Cc1ccc(C(=O)N2CCC(C(=O)NCC(F)(F)F)CC2)cc1. The summed E-state index contributed by atoms with van der Waals surface area (Å²) in [5, 5.41) is 1.91. The highest BCUT2D eigenvalue weighted by atomic mass is 19.4. The van der Waals surface area contributed by atoms with Crippen LogP contribution in [0.15, 0.2) is 24.3 Å². The molecule has 7 heteroatoms. The fourth-order valence-electron chi connectivity index (χ4n) is 2.56. The number of halogens is 3. The third kappa shape index (κ3) is 4.97. The van der Waals surface area contributed by atoms with Gasteiger partial charge in [-0.1, -0.05) is 17.7 Å². The van der Waals surface area contributed by atoms with Gasteiger partial charge in [-0.15, -0.1) is 0 Å². The number of rotatable bonds is 3. The van der Waals surface area contributed by atoms with Crippen LogP contribution in [0.3, 0.4) is 0 Å². The van der Waals surface area contributed by atoms with Crippen molar-refractivity contribution < 1.29 is 22.8 Å². The van der Waals surface area contributed by atoms with Gasteiger partial charge in [0.1, 0.15) is 6.54 Å². The molecule has 0 aliphatic carbocycles. The molecule has 1 heterocycles. The quantitative estimate of drug-likeness (QED) is 0.927. The monoisotopic (exact) mass is 328 g/mol. The number of alkyl halides is 3. The lowest BCUT2D eigenvalue weighted by atomic mass is 9.95. The largest absolute Gasteiger partial charge is 0.405 e. The van der Waals surface area contributed by atoms with Crippen LogP contribution in [-0.4, -0.2) is 42.5 Å². The average molecular weight is 328 g/mol. The molecule has 0 bridgehead atoms. The number of carbonyl (C=O) groups is 2. The van der Waals surface area contributed by atoms with E-state index in [1.807, 2.05) is 24.4 Å². The molecule has 0 aromatic heterocycles. The summed E-state index contributed by atoms with van der Waals surface area (Å²) in [5.74, 6) is -1.18. The number of amides is 2. The van der Waals surface area contributed by atoms with E-state index >= 15 is 0 Å². The number of hydrogen-bond acceptors (Lipinski definition) is 2. The summed E-state index contributed by atoms with van der Waals surface area (Å²) in [6.45, 7) is 1.36. The van der Waals surface area contributed by atoms with Gasteiger partial charge < -0.3 is 10.2 Å². The normalized spacial score (nSPS) is 16.3. The van der Waals surface area contributed by atoms with E-state index in [0.29, 0.717) is 31.5 Å². The van der Waals surface area contributed by atoms with Crippen LogP contribution in [0.5, 0.6) is 0 Å². The summed E-state index contributed by atoms with van der Waals surface area (Å²) in [6.07, 6.45) is -3.65. The van der Waals surface area contributed by atoms with E-state index in [1.165, 1.54) is 0 Å². The number of hydrogen-bond donors (Lipinski definition) is 1. The van der Waals surface area contributed by atoms with Gasteiger partial charge in [0.25, 0.3) is 5.91 Å². The Hall–Kier alpha value is -2.05. The molecule has 1 N–H and O–H groups in total. The van der Waals surface area contributed by atoms with Crippen molar-refractivity contribution in [3.8, 4) is 0 Å². The molecule has 0 radical (unpaired) electrons. The Morgan fingerprint density at radius 3 is 2.26 bits per heavy atom. The molecule has 0 unspecified atom stereocenters. The topological polar surface area (TPSA) is 49.4 Å². The van der Waals surface area contributed by atoms with E-state index in [1.54, 1.807) is 17.0 Å². The fourth-order valence-corrected chi connectivity index (χ4v) is 2.56. The minimum Gasteiger partial charge on any atom is -0.347 e. The summed E-state index contributed by atoms with van der Waals surface area (Å²) < 4.78 is 36.3. The third-order valence-electron chi connectivity index (χ3n) is 3.91. The van der Waals surface area contributed by atoms with E-state index in [0.717, 1.165) is 5.56 Å². The van der Waals surface area contributed by atoms with E-state index in [9.17, 15) is 22.8 Å². The second-order valence-corrected chi connectivity index (χ2v) is 5.77. The fraction of sp³-hybridized carbons (Fsp3) is 0.500. The van der Waals surface area contributed by atoms with Crippen LogP contribution < -0.4 is 5.32 Å². The van der Waals surface area contributed by atoms with Gasteiger partial charge >= 0.3 is 6.18 Å². The number of benzene rings is 1. The van der Waals surface area contributed by atoms with E-state index in [2.05, 4.69) is 0 Å². The molecule has 1 aromatic rings. The van der Waals surface area contributed by atoms with Gasteiger partial charge in [0, 0.05) is 24.6 Å². The van der Waals surface area contributed by atoms with Crippen LogP contribution in [0.4, 0.5) is 13.2 Å². The lowest BCUT2D eigenvalue weighted by Gasteiger charge is -2.31. The molecule has 0 atom stereocenters. The Morgan fingerprint density at radius 1 is 1.17 bits per heavy atom. The van der Waals surface area contributed by atoms with E-state index < -0.39 is 24.5 Å². The first-order chi connectivity index (χ1) is 10.8. The number of carbonyl (C=O) groups excluding carboxylic acids is 2. The molecule has 126 valence electrons. The molecule has 0 spiro atoms. The van der Waals surface area contributed by atoms with Gasteiger partial charge in [-0.2, -0.15) is 13.2 Å². The molecular formula is C16H19F3N2O2. The zero-order valence-electron chi connectivity index (χ0n) is 12.8. The second kappa shape index (κ2) is 7.02. The average Bonchev–Trinajstić information content (AvgIpc) is 2.52. The first-order valence-corrected chi connectivity index (χ1v) is 7.46. The van der Waals surface area contributed by atoms with Crippen molar-refractivity contribution in [1.82, 2.24) is 10.2 Å². The van der Waals surface area contributed by atoms with Gasteiger partial charge in [-0.25, -0.2) is 0 Å². The predicted octanol–water partition coefficient (Wildman–Crippen LogP) is 2.53. The number of nitrogens with one attached hydrogen (secondary N) is 1. The smallest absolute Gasteiger partial charge is 0.347 e. The Balaban J connectivity index is 1.84. The van der Waals surface area contributed by atoms with Crippen LogP contribution in [0.25, 0.3) is 0 Å². The van der Waals surface area contributed by atoms with Crippen molar-refractivity contribution in [3.63, 3.8) is 0 Å². The van der Waals surface area contributed by atoms with E-state index in [4.69, 9.17) is 0 Å². The van der Waals surface area contributed by atoms with Crippen molar-refractivity contribution in [1.29, 1.82) is 0 Å². The van der Waals surface area contributed by atoms with Gasteiger partial charge in [0.2, 0.25) is 5.91 Å². The molecule has 2 rings (SSSR count). The maximum absolute atomic E-state index is 12.3. The van der Waals surface area contributed by atoms with Gasteiger partial charge in [0.15, 0.2) is 0 Å². The zero-order valence-corrected chi connectivity index (χ0v) is 12.8. The highest BCUT2D eigenvalue weighted by Gasteiger charge is 2.31. The summed E-state index contributed by atoms with van der Waals surface area (Å²) >= 11 is 0. The van der Waals surface area contributed by atoms with Crippen LogP contribution in [0.2, 0.25) is 0 Å². The molecule has 23 heavy (non-hydrogen) atoms. The minimum absolute atomic E-state index is 0.112. The van der Waals surface area contributed by atoms with Gasteiger partial charge in [-0.05, 0) is 31.9 Å². The summed E-state index contributed by atoms with van der Waals surface area (Å²) in [6, 6.07) is 7.20. The summed E-state index contributed by atoms with van der Waals surface area (Å²) in [7, 11) is 0. The van der Waals surface area contributed by atoms with Crippen LogP contribution in [0, 0.1) is 12.8 Å². The maximum Gasteiger partial charge on any atom is 0.405 e. The third-order valence-corrected chi connectivity index (χ3v) is 3.91. The van der Waals surface area contributed by atoms with Crippen molar-refractivity contribution in [3.05, 3.63) is 35.4 Å². The minimum atomic E-state index is -4.40. The van der Waals surface area contributed by atoms with Crippen LogP contribution >= 0.6 is 0 Å². The van der Waals surface area contributed by atoms with Gasteiger partial charge in [-0.3, -0.25) is 9.59 Å². The van der Waals surface area contributed by atoms with Gasteiger partial charge in [0.05, 0.1) is 0 Å². The first-order valence-electron chi connectivity index (χ1n) is 7.46. The number of aryl methyl sites for hydroxylation is 1. The highest BCUT2D eigenvalue weighted by Crippen LogP contribution is 2.20. The lowest BCUT2D eigenvalue weighted by Crippen LogP contribution is -2.44. The zero-order chi connectivity index (χ0) is 17.0. The molecular weight excluding hydrogens is 309 g/mol. The summed E-state index contributed by atoms with van der Waals surface area (Å²) in [5.41, 5.74) is 1.64. The molecule has 1 saturated heterocycles. The number of nitrogens with zero attached hydrogens (tertiary/aromatic N) is 1. The summed E-state index contributed by atoms with van der Waals surface area (Å²) in [4.78, 5) is 25.7. The molecule has 1 fully saturated rings. The standard InChI is InChI=1S/C16H19F3N2O2/c1-11-2-4-13(5-3-11)15(23)21-8-6-12(7-9-21)14(22)20-10-16(17,18)19/h2-5,12H,6-10H2,1H3,(H,20,22). The van der Waals surface area contributed by atoms with E-state index in [-0.39, 0.29) is 5.91 Å². The molecule has 1 aliphatic heterocycles. The Labute approximate surface area is 132 Å². The Morgan fingerprint density at radius 2 is 1.74 bits per heavy atom. The lowest BCUT2D eigenvalue weighted by molar-refractivity contribution is -0.141. The molecule has 0 saturated carbocycles. The number of piperidine rings is 1. The van der Waals surface area contributed by atoms with Crippen LogP contribution in [-0.2, 0) is 4.79 Å². The van der Waals surface area contributed by atoms with Crippen molar-refractivity contribution in [2.75, 3.05) is 19.6 Å². The Bertz CT molecular complexity index is 562. The molecule has 1 aliphatic rings. The van der Waals surface area contributed by atoms with Crippen LogP contribution in [0.1, 0.15) is 28.8 Å². The molecule has 1 aromatic carbocycles.